The first kappa shape index (κ1) is 19.2. The van der Waals surface area contributed by atoms with Crippen molar-refractivity contribution in [2.24, 2.45) is 0 Å². The summed E-state index contributed by atoms with van der Waals surface area (Å²) >= 11 is 5.87. The second kappa shape index (κ2) is 8.01. The van der Waals surface area contributed by atoms with E-state index in [1.807, 2.05) is 38.1 Å². The van der Waals surface area contributed by atoms with Crippen LogP contribution in [0.2, 0.25) is 5.02 Å². The summed E-state index contributed by atoms with van der Waals surface area (Å²) in [5.74, 6) is 0.438. The van der Waals surface area contributed by atoms with Gasteiger partial charge in [-0.3, -0.25) is 9.59 Å². The second-order valence-electron chi connectivity index (χ2n) is 6.74. The molecule has 3 rings (SSSR count). The van der Waals surface area contributed by atoms with E-state index >= 15 is 0 Å². The Morgan fingerprint density at radius 1 is 1.15 bits per heavy atom. The van der Waals surface area contributed by atoms with Crippen molar-refractivity contribution in [1.29, 1.82) is 0 Å². The Hall–Kier alpha value is -2.53. The maximum Gasteiger partial charge on any atom is 0.254 e. The molecule has 2 aromatic rings. The minimum absolute atomic E-state index is 0.0934. The molecule has 6 heteroatoms. The van der Waals surface area contributed by atoms with E-state index in [4.69, 9.17) is 16.3 Å². The molecule has 0 bridgehead atoms. The summed E-state index contributed by atoms with van der Waals surface area (Å²) in [5, 5.41) is 3.46. The summed E-state index contributed by atoms with van der Waals surface area (Å²) in [4.78, 5) is 26.3. The predicted octanol–water partition coefficient (Wildman–Crippen LogP) is 3.95. The van der Waals surface area contributed by atoms with Crippen molar-refractivity contribution in [2.45, 2.75) is 33.2 Å². The van der Waals surface area contributed by atoms with Gasteiger partial charge in [0.05, 0.1) is 12.3 Å². The zero-order valence-electron chi connectivity index (χ0n) is 15.7. The lowest BCUT2D eigenvalue weighted by Crippen LogP contribution is -2.37. The number of hydrogen-bond donors (Lipinski definition) is 1. The molecule has 1 atom stereocenters. The number of ether oxygens (including phenoxy) is 1. The lowest BCUT2D eigenvalue weighted by atomic mass is 9.99. The molecule has 142 valence electrons. The van der Waals surface area contributed by atoms with Gasteiger partial charge in [0.25, 0.3) is 5.91 Å². The normalized spacial score (nSPS) is 15.6. The Bertz CT molecular complexity index is 864. The predicted molar refractivity (Wildman–Crippen MR) is 106 cm³/mol. The molecule has 2 amide bonds. The molecule has 0 aliphatic carbocycles. The van der Waals surface area contributed by atoms with Crippen LogP contribution in [0.15, 0.2) is 36.4 Å². The van der Waals surface area contributed by atoms with E-state index in [0.29, 0.717) is 24.6 Å². The third-order valence-electron chi connectivity index (χ3n) is 4.66. The summed E-state index contributed by atoms with van der Waals surface area (Å²) in [6, 6.07) is 10.6. The van der Waals surface area contributed by atoms with Crippen molar-refractivity contribution in [2.75, 3.05) is 18.1 Å². The van der Waals surface area contributed by atoms with Crippen molar-refractivity contribution in [3.05, 3.63) is 58.1 Å². The quantitative estimate of drug-likeness (QED) is 0.765. The van der Waals surface area contributed by atoms with E-state index in [-0.39, 0.29) is 11.8 Å². The number of fused-ring (bicyclic) bond motifs is 1. The van der Waals surface area contributed by atoms with Crippen LogP contribution in [0, 0.1) is 13.8 Å². The van der Waals surface area contributed by atoms with Gasteiger partial charge in [0.2, 0.25) is 5.91 Å². The number of benzene rings is 2. The zero-order valence-corrected chi connectivity index (χ0v) is 16.5. The number of amides is 2. The molecule has 0 aromatic heterocycles. The van der Waals surface area contributed by atoms with E-state index in [9.17, 15) is 9.59 Å². The molecule has 1 aliphatic heterocycles. The molecule has 1 unspecified atom stereocenters. The number of hydrogen-bond acceptors (Lipinski definition) is 3. The highest BCUT2D eigenvalue weighted by atomic mass is 35.5. The minimum Gasteiger partial charge on any atom is -0.494 e. The molecule has 5 nitrogen and oxygen atoms in total. The molecule has 0 saturated carbocycles. The molecule has 0 spiro atoms. The van der Waals surface area contributed by atoms with Crippen LogP contribution in [-0.2, 0) is 9.59 Å². The summed E-state index contributed by atoms with van der Waals surface area (Å²) in [5.41, 5.74) is 3.83. The average molecular weight is 387 g/mol. The van der Waals surface area contributed by atoms with E-state index in [2.05, 4.69) is 5.32 Å². The first-order valence-electron chi connectivity index (χ1n) is 8.95. The molecule has 0 radical (unpaired) electrons. The Morgan fingerprint density at radius 3 is 2.48 bits per heavy atom. The maximum atomic E-state index is 13.0. The van der Waals surface area contributed by atoms with Gasteiger partial charge in [-0.1, -0.05) is 23.7 Å². The lowest BCUT2D eigenvalue weighted by Gasteiger charge is -2.20. The average Bonchev–Trinajstić information content (AvgIpc) is 2.90. The number of nitrogens with zero attached hydrogens (tertiary/aromatic N) is 1. The second-order valence-corrected chi connectivity index (χ2v) is 7.18. The standard InChI is InChI=1S/C21H23ClN2O3/c1-13-5-6-14(2)20-18(13)19(23-15(3)25)21(26)24(20)11-4-12-27-17-9-7-16(22)8-10-17/h5-10,19H,4,11-12H2,1-3H3,(H,23,25). The smallest absolute Gasteiger partial charge is 0.254 e. The summed E-state index contributed by atoms with van der Waals surface area (Å²) in [7, 11) is 0. The Kier molecular flexibility index (Phi) is 5.71. The van der Waals surface area contributed by atoms with Crippen molar-refractivity contribution < 1.29 is 14.3 Å². The van der Waals surface area contributed by atoms with E-state index < -0.39 is 6.04 Å². The fourth-order valence-corrected chi connectivity index (χ4v) is 3.56. The van der Waals surface area contributed by atoms with Crippen molar-refractivity contribution >= 4 is 29.1 Å². The van der Waals surface area contributed by atoms with Crippen LogP contribution in [0.1, 0.15) is 36.1 Å². The fourth-order valence-electron chi connectivity index (χ4n) is 3.43. The van der Waals surface area contributed by atoms with E-state index in [0.717, 1.165) is 28.1 Å². The number of carbonyl (C=O) groups excluding carboxylic acids is 2. The van der Waals surface area contributed by atoms with Crippen LogP contribution in [0.4, 0.5) is 5.69 Å². The number of carbonyl (C=O) groups is 2. The molecule has 27 heavy (non-hydrogen) atoms. The molecule has 0 saturated heterocycles. The van der Waals surface area contributed by atoms with Gasteiger partial charge >= 0.3 is 0 Å². The van der Waals surface area contributed by atoms with Crippen molar-refractivity contribution in [1.82, 2.24) is 5.32 Å². The third-order valence-corrected chi connectivity index (χ3v) is 4.92. The number of anilines is 1. The number of halogens is 1. The van der Waals surface area contributed by atoms with E-state index in [1.165, 1.54) is 6.92 Å². The van der Waals surface area contributed by atoms with Gasteiger partial charge in [-0.15, -0.1) is 0 Å². The van der Waals surface area contributed by atoms with Crippen LogP contribution in [-0.4, -0.2) is 25.0 Å². The number of aryl methyl sites for hydroxylation is 2. The summed E-state index contributed by atoms with van der Waals surface area (Å²) in [6.45, 7) is 6.39. The van der Waals surface area contributed by atoms with Crippen LogP contribution in [0.25, 0.3) is 0 Å². The fraction of sp³-hybridized carbons (Fsp3) is 0.333. The topological polar surface area (TPSA) is 58.6 Å². The highest BCUT2D eigenvalue weighted by Crippen LogP contribution is 2.40. The molecular formula is C21H23ClN2O3. The maximum absolute atomic E-state index is 13.0. The monoisotopic (exact) mass is 386 g/mol. The first-order chi connectivity index (χ1) is 12.9. The van der Waals surface area contributed by atoms with Crippen molar-refractivity contribution in [3.63, 3.8) is 0 Å². The highest BCUT2D eigenvalue weighted by Gasteiger charge is 2.39. The van der Waals surface area contributed by atoms with Crippen LogP contribution in [0.5, 0.6) is 5.75 Å². The van der Waals surface area contributed by atoms with Gasteiger partial charge in [0, 0.05) is 24.1 Å². The van der Waals surface area contributed by atoms with Crippen LogP contribution < -0.4 is 15.0 Å². The van der Waals surface area contributed by atoms with Gasteiger partial charge in [0.15, 0.2) is 0 Å². The molecule has 0 fully saturated rings. The molecule has 1 N–H and O–H groups in total. The summed E-state index contributed by atoms with van der Waals surface area (Å²) < 4.78 is 5.72. The highest BCUT2D eigenvalue weighted by molar-refractivity contribution is 6.30. The zero-order chi connectivity index (χ0) is 19.6. The van der Waals surface area contributed by atoms with Crippen molar-refractivity contribution in [3.8, 4) is 5.75 Å². The van der Waals surface area contributed by atoms with E-state index in [1.54, 1.807) is 17.0 Å². The summed E-state index contributed by atoms with van der Waals surface area (Å²) in [6.07, 6.45) is 0.675. The van der Waals surface area contributed by atoms with Gasteiger partial charge in [-0.2, -0.15) is 0 Å². The SMILES string of the molecule is CC(=O)NC1C(=O)N(CCCOc2ccc(Cl)cc2)c2c(C)ccc(C)c21. The first-order valence-corrected chi connectivity index (χ1v) is 9.33. The Morgan fingerprint density at radius 2 is 1.81 bits per heavy atom. The Balaban J connectivity index is 1.72. The molecule has 2 aromatic carbocycles. The Labute approximate surface area is 164 Å². The molecule has 1 aliphatic rings. The van der Waals surface area contributed by atoms with Gasteiger partial charge in [-0.25, -0.2) is 0 Å². The van der Waals surface area contributed by atoms with Crippen LogP contribution >= 0.6 is 11.6 Å². The van der Waals surface area contributed by atoms with Gasteiger partial charge in [0.1, 0.15) is 11.8 Å². The van der Waals surface area contributed by atoms with Gasteiger partial charge in [-0.05, 0) is 55.7 Å². The molecule has 1 heterocycles. The van der Waals surface area contributed by atoms with Gasteiger partial charge < -0.3 is 15.0 Å². The number of rotatable bonds is 6. The number of nitrogens with one attached hydrogen (secondary N) is 1. The molecular weight excluding hydrogens is 364 g/mol. The van der Waals surface area contributed by atoms with Crippen LogP contribution in [0.3, 0.4) is 0 Å². The lowest BCUT2D eigenvalue weighted by molar-refractivity contribution is -0.126. The minimum atomic E-state index is -0.616. The third kappa shape index (κ3) is 4.08. The largest absolute Gasteiger partial charge is 0.494 e.